The van der Waals surface area contributed by atoms with Gasteiger partial charge in [0.05, 0.1) is 15.5 Å². The number of hydrogen-bond donors (Lipinski definition) is 1. The molecule has 0 aliphatic heterocycles. The lowest BCUT2D eigenvalue weighted by Crippen LogP contribution is -2.23. The lowest BCUT2D eigenvalue weighted by Gasteiger charge is -2.16. The van der Waals surface area contributed by atoms with Crippen LogP contribution in [0.5, 0.6) is 0 Å². The van der Waals surface area contributed by atoms with Gasteiger partial charge in [0.2, 0.25) is 10.0 Å². The van der Waals surface area contributed by atoms with E-state index < -0.39 is 20.0 Å². The van der Waals surface area contributed by atoms with Gasteiger partial charge in [0, 0.05) is 14.1 Å². The Morgan fingerprint density at radius 2 is 1.59 bits per heavy atom. The van der Waals surface area contributed by atoms with Crippen LogP contribution in [0, 0.1) is 6.92 Å². The summed E-state index contributed by atoms with van der Waals surface area (Å²) in [5.74, 6) is 0.352. The quantitative estimate of drug-likeness (QED) is 0.756. The van der Waals surface area contributed by atoms with Gasteiger partial charge < -0.3 is 0 Å². The molecule has 0 fully saturated rings. The highest BCUT2D eigenvalue weighted by molar-refractivity contribution is 7.92. The molecule has 0 spiro atoms. The second kappa shape index (κ2) is 8.00. The van der Waals surface area contributed by atoms with Crippen molar-refractivity contribution in [3.63, 3.8) is 0 Å². The molecule has 2 aromatic rings. The predicted molar refractivity (Wildman–Crippen MR) is 108 cm³/mol. The van der Waals surface area contributed by atoms with Gasteiger partial charge in [0.1, 0.15) is 0 Å². The molecule has 0 bridgehead atoms. The van der Waals surface area contributed by atoms with E-state index in [-0.39, 0.29) is 15.5 Å². The molecule has 2 aromatic carbocycles. The van der Waals surface area contributed by atoms with Crippen molar-refractivity contribution in [1.29, 1.82) is 0 Å². The maximum Gasteiger partial charge on any atom is 0.261 e. The minimum absolute atomic E-state index is 0.0693. The number of aryl methyl sites for hydroxylation is 1. The van der Waals surface area contributed by atoms with Gasteiger partial charge >= 0.3 is 0 Å². The van der Waals surface area contributed by atoms with E-state index in [0.29, 0.717) is 11.5 Å². The van der Waals surface area contributed by atoms with Crippen molar-refractivity contribution in [1.82, 2.24) is 4.31 Å². The lowest BCUT2D eigenvalue weighted by molar-refractivity contribution is 0.520. The zero-order chi connectivity index (χ0) is 20.4. The van der Waals surface area contributed by atoms with Crippen molar-refractivity contribution in [2.24, 2.45) is 0 Å². The van der Waals surface area contributed by atoms with Crippen molar-refractivity contribution in [2.45, 2.75) is 42.9 Å². The summed E-state index contributed by atoms with van der Waals surface area (Å²) in [6.45, 7) is 5.83. The second-order valence-corrected chi connectivity index (χ2v) is 10.6. The first-order valence-electron chi connectivity index (χ1n) is 8.65. The smallest absolute Gasteiger partial charge is 0.261 e. The van der Waals surface area contributed by atoms with Gasteiger partial charge in [0.15, 0.2) is 0 Å². The first-order chi connectivity index (χ1) is 12.5. The summed E-state index contributed by atoms with van der Waals surface area (Å²) in [5.41, 5.74) is 1.82. The average molecular weight is 411 g/mol. The summed E-state index contributed by atoms with van der Waals surface area (Å²) in [4.78, 5) is 0.201. The Morgan fingerprint density at radius 1 is 1.00 bits per heavy atom. The van der Waals surface area contributed by atoms with Gasteiger partial charge in [-0.15, -0.1) is 0 Å². The Morgan fingerprint density at radius 3 is 2.11 bits per heavy atom. The summed E-state index contributed by atoms with van der Waals surface area (Å²) in [6, 6.07) is 11.2. The fourth-order valence-electron chi connectivity index (χ4n) is 2.56. The Balaban J connectivity index is 2.36. The monoisotopic (exact) mass is 410 g/mol. The molecule has 0 radical (unpaired) electrons. The van der Waals surface area contributed by atoms with Crippen LogP contribution in [-0.4, -0.2) is 35.2 Å². The molecular weight excluding hydrogens is 384 g/mol. The van der Waals surface area contributed by atoms with E-state index in [1.807, 2.05) is 0 Å². The van der Waals surface area contributed by atoms with Crippen molar-refractivity contribution in [3.8, 4) is 0 Å². The summed E-state index contributed by atoms with van der Waals surface area (Å²) in [5, 5.41) is 0. The van der Waals surface area contributed by atoms with Crippen molar-refractivity contribution in [3.05, 3.63) is 53.6 Å². The van der Waals surface area contributed by atoms with Crippen LogP contribution >= 0.6 is 0 Å². The van der Waals surface area contributed by atoms with E-state index in [0.717, 1.165) is 16.3 Å². The third-order valence-electron chi connectivity index (χ3n) is 4.57. The SMILES string of the molecule is CC[C@H](C)c1ccc(S(=O)(=O)Nc2ccc(C)c(S(=O)(=O)N(C)C)c2)cc1. The van der Waals surface area contributed by atoms with Crippen molar-refractivity contribution in [2.75, 3.05) is 18.8 Å². The first-order valence-corrected chi connectivity index (χ1v) is 11.6. The highest BCUT2D eigenvalue weighted by atomic mass is 32.2. The Kier molecular flexibility index (Phi) is 6.34. The molecule has 1 atom stereocenters. The molecule has 0 aliphatic carbocycles. The third-order valence-corrected chi connectivity index (χ3v) is 7.93. The Labute approximate surface area is 162 Å². The molecule has 0 amide bonds. The number of anilines is 1. The van der Waals surface area contributed by atoms with E-state index in [4.69, 9.17) is 0 Å². The summed E-state index contributed by atoms with van der Waals surface area (Å²) in [7, 11) is -4.62. The van der Waals surface area contributed by atoms with Gasteiger partial charge in [-0.05, 0) is 54.7 Å². The van der Waals surface area contributed by atoms with Crippen LogP contribution in [0.15, 0.2) is 52.3 Å². The molecule has 0 unspecified atom stereocenters. The number of rotatable bonds is 7. The van der Waals surface area contributed by atoms with E-state index >= 15 is 0 Å². The maximum absolute atomic E-state index is 12.7. The van der Waals surface area contributed by atoms with Gasteiger partial charge in [-0.25, -0.2) is 21.1 Å². The number of hydrogen-bond acceptors (Lipinski definition) is 4. The van der Waals surface area contributed by atoms with Crippen LogP contribution in [0.2, 0.25) is 0 Å². The molecule has 0 saturated carbocycles. The van der Waals surface area contributed by atoms with E-state index in [1.165, 1.54) is 20.2 Å². The van der Waals surface area contributed by atoms with Crippen LogP contribution < -0.4 is 4.72 Å². The molecule has 6 nitrogen and oxygen atoms in total. The largest absolute Gasteiger partial charge is 0.280 e. The van der Waals surface area contributed by atoms with Crippen LogP contribution in [0.1, 0.15) is 37.3 Å². The minimum Gasteiger partial charge on any atom is -0.280 e. The number of sulfonamides is 2. The van der Waals surface area contributed by atoms with Crippen LogP contribution in [0.4, 0.5) is 5.69 Å². The number of nitrogens with zero attached hydrogens (tertiary/aromatic N) is 1. The molecular formula is C19H26N2O4S2. The first kappa shape index (κ1) is 21.4. The topological polar surface area (TPSA) is 83.5 Å². The second-order valence-electron chi connectivity index (χ2n) is 6.75. The summed E-state index contributed by atoms with van der Waals surface area (Å²) >= 11 is 0. The fraction of sp³-hybridized carbons (Fsp3) is 0.368. The molecule has 8 heteroatoms. The third kappa shape index (κ3) is 4.69. The highest BCUT2D eigenvalue weighted by Crippen LogP contribution is 2.25. The molecule has 1 N–H and O–H groups in total. The minimum atomic E-state index is -3.82. The molecule has 148 valence electrons. The zero-order valence-electron chi connectivity index (χ0n) is 16.2. The van der Waals surface area contributed by atoms with Crippen LogP contribution in [-0.2, 0) is 20.0 Å². The maximum atomic E-state index is 12.7. The molecule has 27 heavy (non-hydrogen) atoms. The number of benzene rings is 2. The molecule has 0 aromatic heterocycles. The van der Waals surface area contributed by atoms with Crippen molar-refractivity contribution < 1.29 is 16.8 Å². The summed E-state index contributed by atoms with van der Waals surface area (Å²) in [6.07, 6.45) is 0.969. The fourth-order valence-corrected chi connectivity index (χ4v) is 4.76. The van der Waals surface area contributed by atoms with Gasteiger partial charge in [0.25, 0.3) is 10.0 Å². The van der Waals surface area contributed by atoms with Gasteiger partial charge in [-0.1, -0.05) is 32.0 Å². The van der Waals surface area contributed by atoms with Gasteiger partial charge in [-0.2, -0.15) is 0 Å². The zero-order valence-corrected chi connectivity index (χ0v) is 17.9. The Hall–Kier alpha value is -1.90. The Bertz CT molecular complexity index is 1010. The van der Waals surface area contributed by atoms with Crippen LogP contribution in [0.25, 0.3) is 0 Å². The molecule has 0 saturated heterocycles. The van der Waals surface area contributed by atoms with E-state index in [9.17, 15) is 16.8 Å². The summed E-state index contributed by atoms with van der Waals surface area (Å²) < 4.78 is 53.7. The standard InChI is InChI=1S/C19H26N2O4S2/c1-6-14(2)16-8-11-18(12-9-16)26(22,23)20-17-10-7-15(3)19(13-17)27(24,25)21(4)5/h7-14,20H,6H2,1-5H3/t14-/m0/s1. The van der Waals surface area contributed by atoms with E-state index in [2.05, 4.69) is 18.6 Å². The van der Waals surface area contributed by atoms with Crippen LogP contribution in [0.3, 0.4) is 0 Å². The number of nitrogens with one attached hydrogen (secondary N) is 1. The molecule has 2 rings (SSSR count). The normalized spacial score (nSPS) is 13.6. The predicted octanol–water partition coefficient (Wildman–Crippen LogP) is 3.56. The van der Waals surface area contributed by atoms with Gasteiger partial charge in [-0.3, -0.25) is 4.72 Å². The van der Waals surface area contributed by atoms with E-state index in [1.54, 1.807) is 43.3 Å². The van der Waals surface area contributed by atoms with Crippen molar-refractivity contribution >= 4 is 25.7 Å². The molecule has 0 aliphatic rings. The lowest BCUT2D eigenvalue weighted by atomic mass is 9.99. The average Bonchev–Trinajstić information content (AvgIpc) is 2.62. The molecule has 0 heterocycles. The highest BCUT2D eigenvalue weighted by Gasteiger charge is 2.22.